The van der Waals surface area contributed by atoms with Crippen LogP contribution >= 0.6 is 0 Å². The summed E-state index contributed by atoms with van der Waals surface area (Å²) in [6.45, 7) is 3.85. The lowest BCUT2D eigenvalue weighted by molar-refractivity contribution is -0.143. The molecular weight excluding hydrogens is 416 g/mol. The summed E-state index contributed by atoms with van der Waals surface area (Å²) >= 11 is 0. The van der Waals surface area contributed by atoms with Crippen LogP contribution in [0.2, 0.25) is 0 Å². The first-order valence-electron chi connectivity index (χ1n) is 10.6. The highest BCUT2D eigenvalue weighted by Crippen LogP contribution is 2.28. The lowest BCUT2D eigenvalue weighted by Gasteiger charge is -2.17. The highest BCUT2D eigenvalue weighted by Gasteiger charge is 2.15. The number of aliphatic carboxylic acids is 1. The highest BCUT2D eigenvalue weighted by molar-refractivity contribution is 5.76. The molecule has 0 aliphatic heterocycles. The molecule has 2 N–H and O–H groups in total. The smallest absolute Gasteiger partial charge is 0.416 e. The van der Waals surface area contributed by atoms with E-state index in [9.17, 15) is 14.4 Å². The number of rotatable bonds is 14. The van der Waals surface area contributed by atoms with E-state index in [1.165, 1.54) is 14.2 Å². The van der Waals surface area contributed by atoms with Gasteiger partial charge in [0.05, 0.1) is 7.11 Å². The molecule has 0 radical (unpaired) electrons. The molecule has 2 amide bonds. The molecule has 0 fully saturated rings. The Morgan fingerprint density at radius 3 is 2.59 bits per heavy atom. The minimum atomic E-state index is -1.13. The third-order valence-corrected chi connectivity index (χ3v) is 4.28. The van der Waals surface area contributed by atoms with E-state index in [2.05, 4.69) is 31.3 Å². The Morgan fingerprint density at radius 2 is 1.94 bits per heavy atom. The Hall–Kier alpha value is -3.07. The van der Waals surface area contributed by atoms with E-state index in [0.717, 1.165) is 29.7 Å². The number of amides is 2. The average Bonchev–Trinajstić information content (AvgIpc) is 2.74. The van der Waals surface area contributed by atoms with Crippen LogP contribution in [-0.2, 0) is 20.9 Å². The van der Waals surface area contributed by atoms with Crippen molar-refractivity contribution in [3.8, 4) is 11.5 Å². The van der Waals surface area contributed by atoms with Crippen LogP contribution in [0.1, 0.15) is 45.1 Å². The summed E-state index contributed by atoms with van der Waals surface area (Å²) in [6, 6.07) is 4.98. The minimum Gasteiger partial charge on any atom is -0.493 e. The number of unbranched alkanes of at least 4 members (excludes halogenated alkanes) is 2. The quantitative estimate of drug-likeness (QED) is 0.253. The summed E-state index contributed by atoms with van der Waals surface area (Å²) in [4.78, 5) is 35.7. The van der Waals surface area contributed by atoms with E-state index in [0.29, 0.717) is 24.6 Å². The predicted molar refractivity (Wildman–Crippen MR) is 120 cm³/mol. The molecule has 9 nitrogen and oxygen atoms in total. The normalized spacial score (nSPS) is 10.9. The number of carboxylic acid groups (broad SMARTS) is 1. The van der Waals surface area contributed by atoms with Crippen molar-refractivity contribution in [2.75, 3.05) is 27.5 Å². The molecule has 0 unspecified atom stereocenters. The van der Waals surface area contributed by atoms with Crippen molar-refractivity contribution in [2.45, 2.75) is 46.1 Å². The minimum absolute atomic E-state index is 0.0182. The monoisotopic (exact) mass is 450 g/mol. The second kappa shape index (κ2) is 14.9. The maximum absolute atomic E-state index is 12.1. The summed E-state index contributed by atoms with van der Waals surface area (Å²) in [5, 5.41) is 11.4. The van der Waals surface area contributed by atoms with Gasteiger partial charge in [-0.1, -0.05) is 32.1 Å². The van der Waals surface area contributed by atoms with E-state index in [1.807, 2.05) is 0 Å². The molecule has 0 saturated carbocycles. The zero-order valence-electron chi connectivity index (χ0n) is 19.3. The van der Waals surface area contributed by atoms with Gasteiger partial charge in [-0.3, -0.25) is 9.69 Å². The summed E-state index contributed by atoms with van der Waals surface area (Å²) in [7, 11) is 2.86. The number of hydrogen-bond donors (Lipinski definition) is 2. The first kappa shape index (κ1) is 27.0. The highest BCUT2D eigenvalue weighted by atomic mass is 16.6. The van der Waals surface area contributed by atoms with E-state index in [1.54, 1.807) is 18.2 Å². The SMILES string of the molecule is COc1cc(CNC(=O)CCCC/C=C/C(C)C)ccc1OC(=O)N(C)COCC(=O)O. The van der Waals surface area contributed by atoms with Crippen LogP contribution in [0.4, 0.5) is 4.79 Å². The molecule has 0 spiro atoms. The molecule has 0 aliphatic carbocycles. The molecule has 0 heterocycles. The van der Waals surface area contributed by atoms with Crippen molar-refractivity contribution < 1.29 is 33.7 Å². The van der Waals surface area contributed by atoms with E-state index < -0.39 is 18.7 Å². The Balaban J connectivity index is 2.47. The fraction of sp³-hybridized carbons (Fsp3) is 0.522. The van der Waals surface area contributed by atoms with Gasteiger partial charge in [-0.25, -0.2) is 9.59 Å². The largest absolute Gasteiger partial charge is 0.493 e. The van der Waals surface area contributed by atoms with Crippen LogP contribution in [0, 0.1) is 5.92 Å². The van der Waals surface area contributed by atoms with Gasteiger partial charge in [0.1, 0.15) is 13.3 Å². The Kier molecular flexibility index (Phi) is 12.5. The number of carboxylic acids is 1. The number of nitrogens with one attached hydrogen (secondary N) is 1. The van der Waals surface area contributed by atoms with Crippen molar-refractivity contribution in [2.24, 2.45) is 5.92 Å². The predicted octanol–water partition coefficient (Wildman–Crippen LogP) is 3.57. The van der Waals surface area contributed by atoms with Gasteiger partial charge in [0.25, 0.3) is 0 Å². The topological polar surface area (TPSA) is 114 Å². The standard InChI is InChI=1S/C23H34N2O7/c1-17(2)9-7-5-6-8-10-21(26)24-14-18-11-12-19(20(13-18)30-4)32-23(29)25(3)16-31-15-22(27)28/h7,9,11-13,17H,5-6,8,10,14-16H2,1-4H3,(H,24,26)(H,27,28)/b9-7+. The van der Waals surface area contributed by atoms with Crippen LogP contribution in [0.15, 0.2) is 30.4 Å². The number of nitrogens with zero attached hydrogens (tertiary/aromatic N) is 1. The second-order valence-corrected chi connectivity index (χ2v) is 7.62. The van der Waals surface area contributed by atoms with E-state index >= 15 is 0 Å². The Labute approximate surface area is 189 Å². The van der Waals surface area contributed by atoms with Gasteiger partial charge in [-0.2, -0.15) is 0 Å². The van der Waals surface area contributed by atoms with Gasteiger partial charge in [-0.15, -0.1) is 0 Å². The second-order valence-electron chi connectivity index (χ2n) is 7.62. The van der Waals surface area contributed by atoms with Gasteiger partial charge in [-0.05, 0) is 42.9 Å². The molecule has 32 heavy (non-hydrogen) atoms. The maximum Gasteiger partial charge on any atom is 0.416 e. The van der Waals surface area contributed by atoms with Gasteiger partial charge in [0, 0.05) is 20.0 Å². The lowest BCUT2D eigenvalue weighted by Crippen LogP contribution is -2.32. The van der Waals surface area contributed by atoms with Gasteiger partial charge in [0.15, 0.2) is 11.5 Å². The summed E-state index contributed by atoms with van der Waals surface area (Å²) in [6.07, 6.45) is 6.85. The van der Waals surface area contributed by atoms with Crippen LogP contribution in [0.5, 0.6) is 11.5 Å². The number of carbonyl (C=O) groups is 3. The molecule has 0 saturated heterocycles. The van der Waals surface area contributed by atoms with Crippen molar-refractivity contribution in [1.29, 1.82) is 0 Å². The Bertz CT molecular complexity index is 778. The third kappa shape index (κ3) is 11.4. The molecule has 1 aromatic rings. The molecule has 0 aromatic heterocycles. The van der Waals surface area contributed by atoms with Crippen molar-refractivity contribution in [3.63, 3.8) is 0 Å². The van der Waals surface area contributed by atoms with Crippen LogP contribution in [-0.4, -0.2) is 55.5 Å². The zero-order valence-corrected chi connectivity index (χ0v) is 19.3. The molecule has 9 heteroatoms. The summed E-state index contributed by atoms with van der Waals surface area (Å²) in [5.74, 6) is -0.0665. The maximum atomic E-state index is 12.1. The first-order valence-corrected chi connectivity index (χ1v) is 10.6. The third-order valence-electron chi connectivity index (χ3n) is 4.28. The molecule has 0 aliphatic rings. The molecular formula is C23H34N2O7. The fourth-order valence-corrected chi connectivity index (χ4v) is 2.61. The average molecular weight is 451 g/mol. The van der Waals surface area contributed by atoms with Crippen LogP contribution in [0.3, 0.4) is 0 Å². The van der Waals surface area contributed by atoms with Crippen LogP contribution < -0.4 is 14.8 Å². The Morgan fingerprint density at radius 1 is 1.19 bits per heavy atom. The molecule has 0 atom stereocenters. The number of allylic oxidation sites excluding steroid dienone is 2. The molecule has 1 aromatic carbocycles. The lowest BCUT2D eigenvalue weighted by atomic mass is 10.1. The number of hydrogen-bond acceptors (Lipinski definition) is 6. The molecule has 1 rings (SSSR count). The number of carbonyl (C=O) groups excluding carboxylic acids is 2. The van der Waals surface area contributed by atoms with Gasteiger partial charge < -0.3 is 24.6 Å². The number of benzene rings is 1. The summed E-state index contributed by atoms with van der Waals surface area (Å²) < 4.78 is 15.4. The van der Waals surface area contributed by atoms with Gasteiger partial charge in [0.2, 0.25) is 5.91 Å². The summed E-state index contributed by atoms with van der Waals surface area (Å²) in [5.41, 5.74) is 0.799. The first-order chi connectivity index (χ1) is 15.2. The van der Waals surface area contributed by atoms with Crippen LogP contribution in [0.25, 0.3) is 0 Å². The zero-order chi connectivity index (χ0) is 23.9. The van der Waals surface area contributed by atoms with Crippen molar-refractivity contribution in [3.05, 3.63) is 35.9 Å². The van der Waals surface area contributed by atoms with E-state index in [4.69, 9.17) is 19.3 Å². The fourth-order valence-electron chi connectivity index (χ4n) is 2.61. The molecule has 0 bridgehead atoms. The molecule has 178 valence electrons. The van der Waals surface area contributed by atoms with Gasteiger partial charge >= 0.3 is 12.1 Å². The van der Waals surface area contributed by atoms with Crippen molar-refractivity contribution >= 4 is 18.0 Å². The van der Waals surface area contributed by atoms with Crippen molar-refractivity contribution in [1.82, 2.24) is 10.2 Å². The number of ether oxygens (including phenoxy) is 3. The van der Waals surface area contributed by atoms with E-state index in [-0.39, 0.29) is 18.4 Å². The number of methoxy groups -OCH3 is 1.